The number of carbonyl (C=O) groups excluding carboxylic acids is 2. The molecular formula is C20H22N2O5. The van der Waals surface area contributed by atoms with Gasteiger partial charge in [-0.2, -0.15) is 0 Å². The lowest BCUT2D eigenvalue weighted by molar-refractivity contribution is -0.124. The summed E-state index contributed by atoms with van der Waals surface area (Å²) in [5.41, 5.74) is 0.592. The first-order valence-electron chi connectivity index (χ1n) is 8.85. The van der Waals surface area contributed by atoms with Gasteiger partial charge in [-0.25, -0.2) is 0 Å². The number of rotatable bonds is 8. The molecule has 0 unspecified atom stereocenters. The molecule has 0 saturated carbocycles. The number of hydrogen-bond donors (Lipinski definition) is 2. The van der Waals surface area contributed by atoms with Crippen LogP contribution in [-0.2, 0) is 9.59 Å². The van der Waals surface area contributed by atoms with Crippen molar-refractivity contribution in [3.05, 3.63) is 48.5 Å². The van der Waals surface area contributed by atoms with Gasteiger partial charge in [-0.3, -0.25) is 9.59 Å². The van der Waals surface area contributed by atoms with Crippen LogP contribution in [0.15, 0.2) is 48.5 Å². The molecule has 1 heterocycles. The van der Waals surface area contributed by atoms with Gasteiger partial charge in [0.25, 0.3) is 0 Å². The Bertz CT molecular complexity index is 779. The third kappa shape index (κ3) is 5.91. The Balaban J connectivity index is 1.33. The number of para-hydroxylation sites is 1. The van der Waals surface area contributed by atoms with Crippen molar-refractivity contribution in [2.75, 3.05) is 31.7 Å². The van der Waals surface area contributed by atoms with Crippen molar-refractivity contribution < 1.29 is 23.8 Å². The normalized spacial score (nSPS) is 12.1. The number of hydrogen-bond acceptors (Lipinski definition) is 5. The van der Waals surface area contributed by atoms with E-state index in [2.05, 4.69) is 10.6 Å². The number of benzene rings is 2. The van der Waals surface area contributed by atoms with Crippen molar-refractivity contribution >= 4 is 17.5 Å². The molecule has 0 saturated heterocycles. The van der Waals surface area contributed by atoms with Crippen LogP contribution in [0, 0.1) is 0 Å². The molecule has 0 aliphatic carbocycles. The SMILES string of the molecule is O=C(CCCOc1ccccc1)NCC(=O)Nc1ccc2c(c1)OCCO2. The molecule has 0 aromatic heterocycles. The van der Waals surface area contributed by atoms with Gasteiger partial charge in [-0.05, 0) is 30.7 Å². The standard InChI is InChI=1S/C20H22N2O5/c23-19(7-4-10-25-16-5-2-1-3-6-16)21-14-20(24)22-15-8-9-17-18(13-15)27-12-11-26-17/h1-3,5-6,8-9,13H,4,7,10-12,14H2,(H,21,23)(H,22,24). The third-order valence-corrected chi connectivity index (χ3v) is 3.83. The highest BCUT2D eigenvalue weighted by atomic mass is 16.6. The molecule has 0 radical (unpaired) electrons. The van der Waals surface area contributed by atoms with Gasteiger partial charge in [-0.15, -0.1) is 0 Å². The molecule has 2 aromatic rings. The summed E-state index contributed by atoms with van der Waals surface area (Å²) in [6.07, 6.45) is 0.870. The van der Waals surface area contributed by atoms with Gasteiger partial charge in [0.15, 0.2) is 11.5 Å². The largest absolute Gasteiger partial charge is 0.494 e. The van der Waals surface area contributed by atoms with Crippen molar-refractivity contribution in [2.24, 2.45) is 0 Å². The van der Waals surface area contributed by atoms with Crippen LogP contribution < -0.4 is 24.8 Å². The Morgan fingerprint density at radius 2 is 1.74 bits per heavy atom. The fourth-order valence-corrected chi connectivity index (χ4v) is 2.53. The summed E-state index contributed by atoms with van der Waals surface area (Å²) in [6, 6.07) is 14.6. The minimum Gasteiger partial charge on any atom is -0.494 e. The number of amides is 2. The molecule has 3 rings (SSSR count). The van der Waals surface area contributed by atoms with Crippen molar-refractivity contribution in [2.45, 2.75) is 12.8 Å². The van der Waals surface area contributed by atoms with E-state index in [1.165, 1.54) is 0 Å². The smallest absolute Gasteiger partial charge is 0.243 e. The van der Waals surface area contributed by atoms with Crippen LogP contribution in [0.5, 0.6) is 17.2 Å². The van der Waals surface area contributed by atoms with Crippen LogP contribution in [0.4, 0.5) is 5.69 Å². The van der Waals surface area contributed by atoms with Crippen LogP contribution >= 0.6 is 0 Å². The monoisotopic (exact) mass is 370 g/mol. The molecule has 1 aliphatic heterocycles. The molecule has 27 heavy (non-hydrogen) atoms. The van der Waals surface area contributed by atoms with Gasteiger partial charge in [0, 0.05) is 18.2 Å². The number of nitrogens with one attached hydrogen (secondary N) is 2. The Labute approximate surface area is 157 Å². The number of ether oxygens (including phenoxy) is 3. The zero-order valence-corrected chi connectivity index (χ0v) is 14.9. The van der Waals surface area contributed by atoms with Crippen molar-refractivity contribution in [3.8, 4) is 17.2 Å². The fourth-order valence-electron chi connectivity index (χ4n) is 2.53. The summed E-state index contributed by atoms with van der Waals surface area (Å²) >= 11 is 0. The minimum absolute atomic E-state index is 0.0905. The van der Waals surface area contributed by atoms with Gasteiger partial charge in [0.1, 0.15) is 19.0 Å². The Hall–Kier alpha value is -3.22. The van der Waals surface area contributed by atoms with Crippen molar-refractivity contribution in [1.82, 2.24) is 5.32 Å². The van der Waals surface area contributed by atoms with Crippen LogP contribution in [0.3, 0.4) is 0 Å². The Morgan fingerprint density at radius 1 is 0.963 bits per heavy atom. The molecule has 7 nitrogen and oxygen atoms in total. The maximum atomic E-state index is 12.0. The summed E-state index contributed by atoms with van der Waals surface area (Å²) in [5.74, 6) is 1.54. The Kier molecular flexibility index (Phi) is 6.51. The summed E-state index contributed by atoms with van der Waals surface area (Å²) < 4.78 is 16.4. The average molecular weight is 370 g/mol. The highest BCUT2D eigenvalue weighted by molar-refractivity contribution is 5.94. The van der Waals surface area contributed by atoms with E-state index in [0.29, 0.717) is 49.8 Å². The van der Waals surface area contributed by atoms with Crippen LogP contribution in [0.25, 0.3) is 0 Å². The highest BCUT2D eigenvalue weighted by Crippen LogP contribution is 2.32. The second-order valence-corrected chi connectivity index (χ2v) is 5.95. The topological polar surface area (TPSA) is 85.9 Å². The molecule has 0 fully saturated rings. The second-order valence-electron chi connectivity index (χ2n) is 5.95. The van der Waals surface area contributed by atoms with Crippen LogP contribution in [0.1, 0.15) is 12.8 Å². The summed E-state index contributed by atoms with van der Waals surface area (Å²) in [4.78, 5) is 23.8. The second kappa shape index (κ2) is 9.47. The van der Waals surface area contributed by atoms with E-state index in [-0.39, 0.29) is 18.4 Å². The summed E-state index contributed by atoms with van der Waals surface area (Å²) in [5, 5.41) is 5.32. The first kappa shape index (κ1) is 18.6. The van der Waals surface area contributed by atoms with Gasteiger partial charge in [-0.1, -0.05) is 18.2 Å². The molecule has 2 aromatic carbocycles. The quantitative estimate of drug-likeness (QED) is 0.697. The fraction of sp³-hybridized carbons (Fsp3) is 0.300. The van der Waals surface area contributed by atoms with E-state index in [0.717, 1.165) is 5.75 Å². The molecule has 2 N–H and O–H groups in total. The minimum atomic E-state index is -0.305. The zero-order chi connectivity index (χ0) is 18.9. The first-order valence-corrected chi connectivity index (χ1v) is 8.85. The summed E-state index contributed by atoms with van der Waals surface area (Å²) in [7, 11) is 0. The lowest BCUT2D eigenvalue weighted by atomic mass is 10.2. The molecule has 0 spiro atoms. The third-order valence-electron chi connectivity index (χ3n) is 3.83. The lowest BCUT2D eigenvalue weighted by Crippen LogP contribution is -2.32. The Morgan fingerprint density at radius 3 is 2.56 bits per heavy atom. The average Bonchev–Trinajstić information content (AvgIpc) is 2.70. The number of fused-ring (bicyclic) bond motifs is 1. The van der Waals surface area contributed by atoms with Crippen molar-refractivity contribution in [1.29, 1.82) is 0 Å². The van der Waals surface area contributed by atoms with E-state index in [9.17, 15) is 9.59 Å². The molecule has 7 heteroatoms. The van der Waals surface area contributed by atoms with Gasteiger partial charge in [0.05, 0.1) is 13.2 Å². The van der Waals surface area contributed by atoms with E-state index >= 15 is 0 Å². The predicted octanol–water partition coefficient (Wildman–Crippen LogP) is 2.37. The number of carbonyl (C=O) groups is 2. The molecular weight excluding hydrogens is 348 g/mol. The summed E-state index contributed by atoms with van der Waals surface area (Å²) in [6.45, 7) is 1.35. The highest BCUT2D eigenvalue weighted by Gasteiger charge is 2.13. The lowest BCUT2D eigenvalue weighted by Gasteiger charge is -2.19. The van der Waals surface area contributed by atoms with Crippen LogP contribution in [0.2, 0.25) is 0 Å². The maximum absolute atomic E-state index is 12.0. The first-order chi connectivity index (χ1) is 13.2. The van der Waals surface area contributed by atoms with Gasteiger partial charge in [0.2, 0.25) is 11.8 Å². The van der Waals surface area contributed by atoms with E-state index in [4.69, 9.17) is 14.2 Å². The van der Waals surface area contributed by atoms with Crippen molar-refractivity contribution in [3.63, 3.8) is 0 Å². The molecule has 0 atom stereocenters. The zero-order valence-electron chi connectivity index (χ0n) is 14.9. The maximum Gasteiger partial charge on any atom is 0.243 e. The van der Waals surface area contributed by atoms with E-state index in [1.54, 1.807) is 18.2 Å². The van der Waals surface area contributed by atoms with E-state index in [1.807, 2.05) is 30.3 Å². The molecule has 0 bridgehead atoms. The molecule has 142 valence electrons. The molecule has 2 amide bonds. The molecule has 1 aliphatic rings. The predicted molar refractivity (Wildman–Crippen MR) is 100 cm³/mol. The van der Waals surface area contributed by atoms with E-state index < -0.39 is 0 Å². The van der Waals surface area contributed by atoms with Gasteiger partial charge >= 0.3 is 0 Å². The number of anilines is 1. The van der Waals surface area contributed by atoms with Crippen LogP contribution in [-0.4, -0.2) is 38.2 Å². The van der Waals surface area contributed by atoms with Gasteiger partial charge < -0.3 is 24.8 Å².